The van der Waals surface area contributed by atoms with Crippen molar-refractivity contribution in [1.82, 2.24) is 15.1 Å². The van der Waals surface area contributed by atoms with E-state index in [1.165, 1.54) is 19.3 Å². The number of nitrogens with zero attached hydrogens (tertiary/aromatic N) is 2. The Labute approximate surface area is 72.8 Å². The molecule has 0 saturated heterocycles. The quantitative estimate of drug-likeness (QED) is 0.732. The van der Waals surface area contributed by atoms with E-state index in [0.717, 1.165) is 12.2 Å². The summed E-state index contributed by atoms with van der Waals surface area (Å²) in [5, 5.41) is 7.57. The first kappa shape index (κ1) is 7.80. The first-order valence-corrected chi connectivity index (χ1v) is 4.59. The van der Waals surface area contributed by atoms with Crippen molar-refractivity contribution in [3.63, 3.8) is 0 Å². The number of hydrogen-bond acceptors (Lipinski definition) is 2. The van der Waals surface area contributed by atoms with Crippen LogP contribution in [0, 0.1) is 0 Å². The lowest BCUT2D eigenvalue weighted by Gasteiger charge is -2.25. The van der Waals surface area contributed by atoms with Crippen molar-refractivity contribution in [2.24, 2.45) is 0 Å². The molecule has 66 valence electrons. The second kappa shape index (κ2) is 3.27. The molecule has 1 aromatic heterocycles. The molecule has 0 unspecified atom stereocenters. The molecule has 1 N–H and O–H groups in total. The first-order chi connectivity index (χ1) is 5.90. The van der Waals surface area contributed by atoms with E-state index in [4.69, 9.17) is 0 Å². The van der Waals surface area contributed by atoms with Crippen molar-refractivity contribution in [3.05, 3.63) is 18.0 Å². The Bertz CT molecular complexity index is 250. The van der Waals surface area contributed by atoms with Crippen molar-refractivity contribution < 1.29 is 0 Å². The molecule has 12 heavy (non-hydrogen) atoms. The van der Waals surface area contributed by atoms with Gasteiger partial charge in [-0.2, -0.15) is 5.10 Å². The average molecular weight is 165 g/mol. The van der Waals surface area contributed by atoms with Crippen LogP contribution < -0.4 is 5.32 Å². The third-order valence-corrected chi connectivity index (χ3v) is 2.47. The second-order valence-corrected chi connectivity index (χ2v) is 3.40. The zero-order valence-electron chi connectivity index (χ0n) is 7.45. The smallest absolute Gasteiger partial charge is 0.0762 e. The van der Waals surface area contributed by atoms with Crippen LogP contribution in [0.15, 0.2) is 12.3 Å². The van der Waals surface area contributed by atoms with E-state index < -0.39 is 0 Å². The molecule has 1 saturated carbocycles. The van der Waals surface area contributed by atoms with E-state index >= 15 is 0 Å². The standard InChI is InChI=1S/C9H15N3/c1-10-7-8-5-6-12(11-8)9-3-2-4-9/h5-6,9-10H,2-4,7H2,1H3. The topological polar surface area (TPSA) is 29.9 Å². The largest absolute Gasteiger partial charge is 0.314 e. The highest BCUT2D eigenvalue weighted by Gasteiger charge is 2.19. The van der Waals surface area contributed by atoms with Crippen LogP contribution >= 0.6 is 0 Å². The average Bonchev–Trinajstić information content (AvgIpc) is 2.34. The minimum Gasteiger partial charge on any atom is -0.314 e. The Kier molecular flexibility index (Phi) is 2.13. The summed E-state index contributed by atoms with van der Waals surface area (Å²) in [7, 11) is 1.95. The molecule has 0 aromatic carbocycles. The van der Waals surface area contributed by atoms with Gasteiger partial charge in [0.15, 0.2) is 0 Å². The van der Waals surface area contributed by atoms with Gasteiger partial charge in [-0.15, -0.1) is 0 Å². The Balaban J connectivity index is 2.02. The summed E-state index contributed by atoms with van der Waals surface area (Å²) in [5.74, 6) is 0. The summed E-state index contributed by atoms with van der Waals surface area (Å²) in [6.45, 7) is 0.875. The van der Waals surface area contributed by atoms with E-state index in [0.29, 0.717) is 6.04 Å². The van der Waals surface area contributed by atoms with Crippen molar-refractivity contribution in [1.29, 1.82) is 0 Å². The number of nitrogens with one attached hydrogen (secondary N) is 1. The molecule has 1 aromatic rings. The molecule has 0 atom stereocenters. The lowest BCUT2D eigenvalue weighted by Crippen LogP contribution is -2.18. The molecule has 1 fully saturated rings. The summed E-state index contributed by atoms with van der Waals surface area (Å²) in [4.78, 5) is 0. The van der Waals surface area contributed by atoms with Gasteiger partial charge >= 0.3 is 0 Å². The van der Waals surface area contributed by atoms with Crippen molar-refractivity contribution in [3.8, 4) is 0 Å². The van der Waals surface area contributed by atoms with Gasteiger partial charge in [0.2, 0.25) is 0 Å². The third kappa shape index (κ3) is 1.37. The summed E-state index contributed by atoms with van der Waals surface area (Å²) in [6, 6.07) is 2.78. The van der Waals surface area contributed by atoms with Gasteiger partial charge in [-0.05, 0) is 32.4 Å². The molecule has 1 aliphatic rings. The lowest BCUT2D eigenvalue weighted by atomic mass is 9.93. The lowest BCUT2D eigenvalue weighted by molar-refractivity contribution is 0.288. The van der Waals surface area contributed by atoms with Gasteiger partial charge < -0.3 is 5.32 Å². The molecule has 0 radical (unpaired) electrons. The van der Waals surface area contributed by atoms with Gasteiger partial charge in [0, 0.05) is 12.7 Å². The molecule has 3 heteroatoms. The molecule has 1 aliphatic carbocycles. The van der Waals surface area contributed by atoms with Crippen LogP contribution in [0.1, 0.15) is 31.0 Å². The Morgan fingerprint density at radius 3 is 3.08 bits per heavy atom. The van der Waals surface area contributed by atoms with Crippen LogP contribution in [0.4, 0.5) is 0 Å². The maximum absolute atomic E-state index is 4.48. The zero-order chi connectivity index (χ0) is 8.39. The Hall–Kier alpha value is -0.830. The van der Waals surface area contributed by atoms with Gasteiger partial charge in [-0.3, -0.25) is 4.68 Å². The summed E-state index contributed by atoms with van der Waals surface area (Å²) < 4.78 is 2.11. The molecular weight excluding hydrogens is 150 g/mol. The van der Waals surface area contributed by atoms with Crippen LogP contribution in [-0.2, 0) is 6.54 Å². The Morgan fingerprint density at radius 2 is 2.50 bits per heavy atom. The van der Waals surface area contributed by atoms with Crippen molar-refractivity contribution >= 4 is 0 Å². The highest BCUT2D eigenvalue weighted by molar-refractivity contribution is 4.99. The molecular formula is C9H15N3. The predicted molar refractivity (Wildman–Crippen MR) is 47.9 cm³/mol. The van der Waals surface area contributed by atoms with E-state index in [9.17, 15) is 0 Å². The normalized spacial score (nSPS) is 17.8. The van der Waals surface area contributed by atoms with Gasteiger partial charge in [0.25, 0.3) is 0 Å². The third-order valence-electron chi connectivity index (χ3n) is 2.47. The fourth-order valence-electron chi connectivity index (χ4n) is 1.51. The zero-order valence-corrected chi connectivity index (χ0v) is 7.45. The van der Waals surface area contributed by atoms with Crippen LogP contribution in [0.3, 0.4) is 0 Å². The van der Waals surface area contributed by atoms with E-state index in [2.05, 4.69) is 27.4 Å². The van der Waals surface area contributed by atoms with E-state index in [-0.39, 0.29) is 0 Å². The Morgan fingerprint density at radius 1 is 1.67 bits per heavy atom. The maximum atomic E-state index is 4.48. The van der Waals surface area contributed by atoms with E-state index in [1.54, 1.807) is 0 Å². The number of hydrogen-bond donors (Lipinski definition) is 1. The van der Waals surface area contributed by atoms with Crippen LogP contribution in [-0.4, -0.2) is 16.8 Å². The first-order valence-electron chi connectivity index (χ1n) is 4.59. The SMILES string of the molecule is CNCc1ccn(C2CCC2)n1. The predicted octanol–water partition coefficient (Wildman–Crippen LogP) is 1.33. The molecule has 0 bridgehead atoms. The number of aromatic nitrogens is 2. The van der Waals surface area contributed by atoms with Gasteiger partial charge in [0.05, 0.1) is 11.7 Å². The van der Waals surface area contributed by atoms with Crippen LogP contribution in [0.25, 0.3) is 0 Å². The molecule has 1 heterocycles. The summed E-state index contributed by atoms with van der Waals surface area (Å²) >= 11 is 0. The fraction of sp³-hybridized carbons (Fsp3) is 0.667. The fourth-order valence-corrected chi connectivity index (χ4v) is 1.51. The summed E-state index contributed by atoms with van der Waals surface area (Å²) in [5.41, 5.74) is 1.14. The van der Waals surface area contributed by atoms with Gasteiger partial charge in [0.1, 0.15) is 0 Å². The molecule has 3 nitrogen and oxygen atoms in total. The number of rotatable bonds is 3. The summed E-state index contributed by atoms with van der Waals surface area (Å²) in [6.07, 6.45) is 6.07. The molecule has 0 aliphatic heterocycles. The van der Waals surface area contributed by atoms with Gasteiger partial charge in [-0.25, -0.2) is 0 Å². The van der Waals surface area contributed by atoms with Gasteiger partial charge in [-0.1, -0.05) is 0 Å². The van der Waals surface area contributed by atoms with E-state index in [1.807, 2.05) is 7.05 Å². The minimum absolute atomic E-state index is 0.690. The second-order valence-electron chi connectivity index (χ2n) is 3.40. The maximum Gasteiger partial charge on any atom is 0.0762 e. The monoisotopic (exact) mass is 165 g/mol. The molecule has 0 spiro atoms. The van der Waals surface area contributed by atoms with Crippen molar-refractivity contribution in [2.45, 2.75) is 31.8 Å². The van der Waals surface area contributed by atoms with Crippen LogP contribution in [0.2, 0.25) is 0 Å². The highest BCUT2D eigenvalue weighted by atomic mass is 15.3. The molecule has 0 amide bonds. The van der Waals surface area contributed by atoms with Crippen molar-refractivity contribution in [2.75, 3.05) is 7.05 Å². The minimum atomic E-state index is 0.690. The molecule has 2 rings (SSSR count). The highest BCUT2D eigenvalue weighted by Crippen LogP contribution is 2.30. The van der Waals surface area contributed by atoms with Crippen LogP contribution in [0.5, 0.6) is 0 Å².